The Hall–Kier alpha value is -2.81. The van der Waals surface area contributed by atoms with Crippen LogP contribution in [0.4, 0.5) is 4.39 Å². The second-order valence-electron chi connectivity index (χ2n) is 14.7. The van der Waals surface area contributed by atoms with Gasteiger partial charge in [0.25, 0.3) is 0 Å². The normalized spacial score (nSPS) is 28.7. The van der Waals surface area contributed by atoms with E-state index in [1.54, 1.807) is 12.1 Å². The van der Waals surface area contributed by atoms with Crippen molar-refractivity contribution in [1.29, 1.82) is 0 Å². The molecule has 3 saturated carbocycles. The first kappa shape index (κ1) is 34.5. The van der Waals surface area contributed by atoms with Crippen molar-refractivity contribution < 1.29 is 28.3 Å². The molecule has 46 heavy (non-hydrogen) atoms. The summed E-state index contributed by atoms with van der Waals surface area (Å²) < 4.78 is 26.4. The predicted molar refractivity (Wildman–Crippen MR) is 170 cm³/mol. The van der Waals surface area contributed by atoms with E-state index >= 15 is 0 Å². The summed E-state index contributed by atoms with van der Waals surface area (Å²) in [5.74, 6) is 0.117. The summed E-state index contributed by atoms with van der Waals surface area (Å²) in [5.41, 5.74) is 3.41. The summed E-state index contributed by atoms with van der Waals surface area (Å²) >= 11 is 0. The van der Waals surface area contributed by atoms with Gasteiger partial charge in [-0.3, -0.25) is 14.9 Å². The first-order chi connectivity index (χ1) is 21.8. The van der Waals surface area contributed by atoms with Gasteiger partial charge in [0.05, 0.1) is 17.6 Å². The lowest BCUT2D eigenvalue weighted by atomic mass is 9.43. The fourth-order valence-electron chi connectivity index (χ4n) is 7.81. The van der Waals surface area contributed by atoms with E-state index in [4.69, 9.17) is 9.31 Å². The standard InChI is InChI=1S/C32H50BFN6O6/c1-20(2)17-27(33-45-26-19-22-18-25(31(22,3)4)32(26,5)46-33)37-29(42)24(10-8-16-35-30-38-39(30)40(43)44)36-28(41)11-7-6-9-21-12-14-23(34)15-13-21/h12-15,20,22,24-27,30,35,38H,6-11,16-19H2,1-5H3,(H,36,41)(H,37,42)/t22-,24-,25-,26+,27-,30?,32-,39?/m0/s1. The van der Waals surface area contributed by atoms with Crippen LogP contribution in [0.5, 0.6) is 0 Å². The number of hydrogen-bond donors (Lipinski definition) is 4. The molecule has 2 heterocycles. The Morgan fingerprint density at radius 1 is 1.15 bits per heavy atom. The molecule has 254 valence electrons. The van der Waals surface area contributed by atoms with Gasteiger partial charge < -0.3 is 19.9 Å². The molecule has 0 spiro atoms. The number of carbonyl (C=O) groups excluding carboxylic acids is 2. The third-order valence-corrected chi connectivity index (χ3v) is 10.6. The van der Waals surface area contributed by atoms with Gasteiger partial charge in [-0.15, -0.1) is 5.43 Å². The first-order valence-electron chi connectivity index (χ1n) is 16.9. The summed E-state index contributed by atoms with van der Waals surface area (Å²) in [6.45, 7) is 11.4. The number of nitro groups is 1. The molecule has 5 fully saturated rings. The van der Waals surface area contributed by atoms with Crippen LogP contribution in [0, 0.1) is 39.1 Å². The lowest BCUT2D eigenvalue weighted by Gasteiger charge is -2.64. The monoisotopic (exact) mass is 644 g/mol. The van der Waals surface area contributed by atoms with Crippen molar-refractivity contribution >= 4 is 18.9 Å². The highest BCUT2D eigenvalue weighted by atomic mass is 19.1. The number of nitrogens with one attached hydrogen (secondary N) is 4. The molecule has 2 aliphatic heterocycles. The zero-order valence-electron chi connectivity index (χ0n) is 27.7. The van der Waals surface area contributed by atoms with Gasteiger partial charge >= 0.3 is 7.12 Å². The van der Waals surface area contributed by atoms with Crippen LogP contribution in [-0.4, -0.2) is 65.6 Å². The predicted octanol–water partition coefficient (Wildman–Crippen LogP) is 3.49. The van der Waals surface area contributed by atoms with Crippen LogP contribution in [0.25, 0.3) is 0 Å². The van der Waals surface area contributed by atoms with E-state index in [2.05, 4.69) is 56.0 Å². The molecule has 12 nitrogen and oxygen atoms in total. The minimum atomic E-state index is -0.786. The molecule has 7 atom stereocenters. The molecule has 14 heteroatoms. The molecule has 6 rings (SSSR count). The van der Waals surface area contributed by atoms with E-state index in [9.17, 15) is 24.1 Å². The van der Waals surface area contributed by atoms with E-state index in [-0.39, 0.29) is 47.4 Å². The zero-order valence-corrected chi connectivity index (χ0v) is 27.7. The number of halogens is 1. The summed E-state index contributed by atoms with van der Waals surface area (Å²) in [7, 11) is -0.574. The van der Waals surface area contributed by atoms with E-state index in [0.29, 0.717) is 44.1 Å². The average Bonchev–Trinajstić information content (AvgIpc) is 3.68. The number of hydrogen-bond acceptors (Lipinski definition) is 8. The van der Waals surface area contributed by atoms with Crippen molar-refractivity contribution in [2.75, 3.05) is 6.54 Å². The molecule has 3 aliphatic carbocycles. The number of benzene rings is 1. The second kappa shape index (κ2) is 14.1. The van der Waals surface area contributed by atoms with Crippen LogP contribution in [-0.2, 0) is 25.3 Å². The van der Waals surface area contributed by atoms with Crippen LogP contribution < -0.4 is 21.4 Å². The number of rotatable bonds is 17. The largest absolute Gasteiger partial charge is 0.481 e. The Morgan fingerprint density at radius 3 is 2.54 bits per heavy atom. The molecule has 1 aromatic rings. The third kappa shape index (κ3) is 7.83. The Balaban J connectivity index is 1.18. The van der Waals surface area contributed by atoms with Gasteiger partial charge in [-0.25, -0.2) is 14.5 Å². The van der Waals surface area contributed by atoms with Crippen LogP contribution in [0.15, 0.2) is 24.3 Å². The van der Waals surface area contributed by atoms with E-state index in [1.165, 1.54) is 12.1 Å². The van der Waals surface area contributed by atoms with Gasteiger partial charge in [0, 0.05) is 6.42 Å². The number of aryl methyl sites for hydroxylation is 1. The maximum absolute atomic E-state index is 13.8. The Labute approximate surface area is 271 Å². The second-order valence-corrected chi connectivity index (χ2v) is 14.7. The lowest BCUT2D eigenvalue weighted by molar-refractivity contribution is -0.627. The molecule has 2 amide bonds. The number of amides is 2. The van der Waals surface area contributed by atoms with Crippen LogP contribution in [0.2, 0.25) is 0 Å². The minimum absolute atomic E-state index is 0.00733. The number of nitrogens with zero attached hydrogens (tertiary/aromatic N) is 2. The molecule has 0 aromatic heterocycles. The van der Waals surface area contributed by atoms with Crippen molar-refractivity contribution in [3.8, 4) is 0 Å². The fraction of sp³-hybridized carbons (Fsp3) is 0.750. The number of carbonyl (C=O) groups is 2. The molecule has 1 aromatic carbocycles. The van der Waals surface area contributed by atoms with Crippen molar-refractivity contribution in [1.82, 2.24) is 26.5 Å². The molecule has 0 radical (unpaired) electrons. The van der Waals surface area contributed by atoms with Crippen LogP contribution >= 0.6 is 0 Å². The SMILES string of the molecule is CC(C)C[C@H](NC(=O)[C@H](CCCNC1NN1[N+](=O)[O-])NC(=O)CCCCc1ccc(F)cc1)B1O[C@@H]2C[C@@H]3C[C@@H](C3(C)C)[C@]2(C)O1. The Bertz CT molecular complexity index is 1260. The molecule has 2 saturated heterocycles. The molecule has 4 N–H and O–H groups in total. The molecule has 5 aliphatic rings. The highest BCUT2D eigenvalue weighted by Crippen LogP contribution is 2.65. The zero-order chi connectivity index (χ0) is 33.2. The smallest absolute Gasteiger partial charge is 0.404 e. The van der Waals surface area contributed by atoms with E-state index in [0.717, 1.165) is 36.4 Å². The summed E-state index contributed by atoms with van der Waals surface area (Å²) in [6.07, 6.45) is 5.43. The summed E-state index contributed by atoms with van der Waals surface area (Å²) in [5, 5.41) is 20.3. The van der Waals surface area contributed by atoms with Crippen molar-refractivity contribution in [2.24, 2.45) is 23.2 Å². The van der Waals surface area contributed by atoms with Gasteiger partial charge in [0.2, 0.25) is 18.1 Å². The first-order valence-corrected chi connectivity index (χ1v) is 16.9. The van der Waals surface area contributed by atoms with E-state index in [1.807, 2.05) is 0 Å². The number of hydrazine groups is 2. The fourth-order valence-corrected chi connectivity index (χ4v) is 7.81. The highest BCUT2D eigenvalue weighted by Gasteiger charge is 2.68. The van der Waals surface area contributed by atoms with Gasteiger partial charge in [-0.05, 0) is 111 Å². The maximum atomic E-state index is 13.8. The number of unbranched alkanes of at least 4 members (excludes halogenated alkanes) is 1. The van der Waals surface area contributed by atoms with Gasteiger partial charge in [0.1, 0.15) is 11.9 Å². The van der Waals surface area contributed by atoms with Gasteiger partial charge in [-0.2, -0.15) is 0 Å². The lowest BCUT2D eigenvalue weighted by Crippen LogP contribution is -2.65. The minimum Gasteiger partial charge on any atom is -0.404 e. The summed E-state index contributed by atoms with van der Waals surface area (Å²) in [6, 6.07) is 5.57. The van der Waals surface area contributed by atoms with Crippen molar-refractivity contribution in [3.63, 3.8) is 0 Å². The maximum Gasteiger partial charge on any atom is 0.481 e. The van der Waals surface area contributed by atoms with Gasteiger partial charge in [0.15, 0.2) is 5.03 Å². The molecular formula is C32H50BFN6O6. The highest BCUT2D eigenvalue weighted by molar-refractivity contribution is 6.48. The van der Waals surface area contributed by atoms with Gasteiger partial charge in [-0.1, -0.05) is 39.8 Å². The Kier molecular flexibility index (Phi) is 10.6. The van der Waals surface area contributed by atoms with E-state index < -0.39 is 30.1 Å². The summed E-state index contributed by atoms with van der Waals surface area (Å²) in [4.78, 5) is 37.7. The molecular weight excluding hydrogens is 594 g/mol. The Morgan fingerprint density at radius 2 is 1.89 bits per heavy atom. The molecule has 1 unspecified atom stereocenters. The molecule has 2 bridgehead atoms. The van der Waals surface area contributed by atoms with Crippen LogP contribution in [0.1, 0.15) is 91.5 Å². The van der Waals surface area contributed by atoms with Crippen molar-refractivity contribution in [3.05, 3.63) is 45.8 Å². The average molecular weight is 645 g/mol. The van der Waals surface area contributed by atoms with Crippen LogP contribution in [0.3, 0.4) is 0 Å². The van der Waals surface area contributed by atoms with Crippen molar-refractivity contribution in [2.45, 2.75) is 122 Å². The quantitative estimate of drug-likeness (QED) is 0.0656. The third-order valence-electron chi connectivity index (χ3n) is 10.6. The topological polar surface area (TPSA) is 157 Å².